The SMILES string of the molecule is CCCN1CCc2ccc(N3C(=O)N(C4CCCCC4)CC3CCC(=O)OC(C)C)cc2CC1.Cl. The van der Waals surface area contributed by atoms with Crippen molar-refractivity contribution >= 4 is 30.1 Å². The third-order valence-corrected chi connectivity index (χ3v) is 7.69. The number of amides is 2. The van der Waals surface area contributed by atoms with Crippen molar-refractivity contribution in [2.75, 3.05) is 31.1 Å². The van der Waals surface area contributed by atoms with Crippen LogP contribution in [0.15, 0.2) is 18.2 Å². The van der Waals surface area contributed by atoms with Gasteiger partial charge >= 0.3 is 12.0 Å². The first kappa shape index (κ1) is 27.8. The van der Waals surface area contributed by atoms with E-state index in [4.69, 9.17) is 4.74 Å². The molecule has 0 spiro atoms. The molecule has 0 aromatic heterocycles. The van der Waals surface area contributed by atoms with Crippen LogP contribution in [-0.2, 0) is 22.4 Å². The molecule has 1 saturated carbocycles. The Labute approximate surface area is 217 Å². The Morgan fingerprint density at radius 3 is 2.49 bits per heavy atom. The van der Waals surface area contributed by atoms with Gasteiger partial charge in [-0.15, -0.1) is 12.4 Å². The highest BCUT2D eigenvalue weighted by atomic mass is 35.5. The second kappa shape index (κ2) is 13.0. The number of esters is 1. The Morgan fingerprint density at radius 2 is 1.80 bits per heavy atom. The van der Waals surface area contributed by atoms with Gasteiger partial charge in [0.1, 0.15) is 0 Å². The fraction of sp³-hybridized carbons (Fsp3) is 0.714. The number of nitrogens with zero attached hydrogens (tertiary/aromatic N) is 3. The summed E-state index contributed by atoms with van der Waals surface area (Å²) in [4.78, 5) is 32.7. The topological polar surface area (TPSA) is 53.1 Å². The summed E-state index contributed by atoms with van der Waals surface area (Å²) in [7, 11) is 0. The van der Waals surface area contributed by atoms with Gasteiger partial charge in [-0.2, -0.15) is 0 Å². The zero-order chi connectivity index (χ0) is 24.1. The third kappa shape index (κ3) is 6.91. The van der Waals surface area contributed by atoms with E-state index in [1.165, 1.54) is 36.8 Å². The molecule has 2 amide bonds. The summed E-state index contributed by atoms with van der Waals surface area (Å²) >= 11 is 0. The first-order chi connectivity index (χ1) is 16.5. The molecule has 6 nitrogen and oxygen atoms in total. The zero-order valence-electron chi connectivity index (χ0n) is 21.8. The van der Waals surface area contributed by atoms with Gasteiger partial charge in [-0.05, 0) is 82.2 Å². The number of hydrogen-bond acceptors (Lipinski definition) is 4. The van der Waals surface area contributed by atoms with Crippen molar-refractivity contribution in [2.24, 2.45) is 0 Å². The fourth-order valence-electron chi connectivity index (χ4n) is 5.97. The predicted octanol–water partition coefficient (Wildman–Crippen LogP) is 5.59. The molecule has 1 atom stereocenters. The average Bonchev–Trinajstić information content (AvgIpc) is 3.02. The van der Waals surface area contributed by atoms with Crippen LogP contribution in [-0.4, -0.2) is 66.2 Å². The average molecular weight is 506 g/mol. The van der Waals surface area contributed by atoms with E-state index in [2.05, 4.69) is 34.9 Å². The zero-order valence-corrected chi connectivity index (χ0v) is 22.7. The summed E-state index contributed by atoms with van der Waals surface area (Å²) in [5, 5.41) is 0. The Bertz CT molecular complexity index is 856. The maximum Gasteiger partial charge on any atom is 0.325 e. The Hall–Kier alpha value is -1.79. The lowest BCUT2D eigenvalue weighted by atomic mass is 9.94. The van der Waals surface area contributed by atoms with Gasteiger partial charge in [0.05, 0.1) is 12.1 Å². The van der Waals surface area contributed by atoms with Crippen molar-refractivity contribution in [2.45, 2.75) is 103 Å². The lowest BCUT2D eigenvalue weighted by molar-refractivity contribution is -0.147. The monoisotopic (exact) mass is 505 g/mol. The molecule has 1 aromatic rings. The lowest BCUT2D eigenvalue weighted by Crippen LogP contribution is -2.40. The number of fused-ring (bicyclic) bond motifs is 1. The Morgan fingerprint density at radius 1 is 1.09 bits per heavy atom. The molecule has 7 heteroatoms. The van der Waals surface area contributed by atoms with Crippen LogP contribution in [0.3, 0.4) is 0 Å². The van der Waals surface area contributed by atoms with Crippen molar-refractivity contribution in [1.29, 1.82) is 0 Å². The molecular formula is C28H44ClN3O3. The van der Waals surface area contributed by atoms with Gasteiger partial charge in [0.25, 0.3) is 0 Å². The number of hydrogen-bond donors (Lipinski definition) is 0. The first-order valence-electron chi connectivity index (χ1n) is 13.6. The molecule has 1 unspecified atom stereocenters. The second-order valence-corrected chi connectivity index (χ2v) is 10.6. The maximum absolute atomic E-state index is 13.7. The molecule has 2 fully saturated rings. The van der Waals surface area contributed by atoms with Gasteiger partial charge in [-0.1, -0.05) is 32.3 Å². The number of halogens is 1. The van der Waals surface area contributed by atoms with Crippen LogP contribution >= 0.6 is 12.4 Å². The van der Waals surface area contributed by atoms with E-state index in [0.29, 0.717) is 25.4 Å². The van der Waals surface area contributed by atoms with E-state index in [-0.39, 0.29) is 36.6 Å². The van der Waals surface area contributed by atoms with Gasteiger partial charge in [0, 0.05) is 37.8 Å². The Kier molecular flexibility index (Phi) is 10.3. The number of carbonyl (C=O) groups is 2. The van der Waals surface area contributed by atoms with Gasteiger partial charge in [0.2, 0.25) is 0 Å². The summed E-state index contributed by atoms with van der Waals surface area (Å²) in [5.41, 5.74) is 3.78. The molecule has 1 aliphatic carbocycles. The molecule has 2 aliphatic heterocycles. The highest BCUT2D eigenvalue weighted by molar-refractivity contribution is 5.95. The number of urea groups is 1. The largest absolute Gasteiger partial charge is 0.463 e. The van der Waals surface area contributed by atoms with Crippen molar-refractivity contribution in [1.82, 2.24) is 9.80 Å². The number of ether oxygens (including phenoxy) is 1. The molecule has 2 heterocycles. The van der Waals surface area contributed by atoms with Crippen LogP contribution in [0.5, 0.6) is 0 Å². The number of anilines is 1. The van der Waals surface area contributed by atoms with Crippen LogP contribution in [0.4, 0.5) is 10.5 Å². The number of benzene rings is 1. The standard InChI is InChI=1S/C28H43N3O3.ClH/c1-4-16-29-17-14-22-10-11-25(19-23(22)15-18-29)31-26(12-13-27(32)34-21(2)3)20-30(28(31)33)24-8-6-5-7-9-24;/h10-11,19,21,24,26H,4-9,12-18,20H2,1-3H3;1H. The molecule has 35 heavy (non-hydrogen) atoms. The number of rotatable bonds is 8. The maximum atomic E-state index is 13.7. The molecule has 1 aromatic carbocycles. The highest BCUT2D eigenvalue weighted by Gasteiger charge is 2.41. The molecule has 4 rings (SSSR count). The summed E-state index contributed by atoms with van der Waals surface area (Å²) < 4.78 is 5.38. The third-order valence-electron chi connectivity index (χ3n) is 7.69. The van der Waals surface area contributed by atoms with Crippen molar-refractivity contribution in [3.05, 3.63) is 29.3 Å². The molecule has 0 N–H and O–H groups in total. The molecule has 196 valence electrons. The predicted molar refractivity (Wildman–Crippen MR) is 144 cm³/mol. The quantitative estimate of drug-likeness (QED) is 0.432. The smallest absolute Gasteiger partial charge is 0.325 e. The summed E-state index contributed by atoms with van der Waals surface area (Å²) in [5.74, 6) is -0.170. The van der Waals surface area contributed by atoms with Crippen molar-refractivity contribution in [3.8, 4) is 0 Å². The minimum atomic E-state index is -0.170. The first-order valence-corrected chi connectivity index (χ1v) is 13.6. The van der Waals surface area contributed by atoms with Crippen LogP contribution < -0.4 is 4.90 Å². The van der Waals surface area contributed by atoms with Gasteiger partial charge in [-0.3, -0.25) is 9.69 Å². The van der Waals surface area contributed by atoms with Crippen molar-refractivity contribution in [3.63, 3.8) is 0 Å². The minimum Gasteiger partial charge on any atom is -0.463 e. The van der Waals surface area contributed by atoms with Crippen molar-refractivity contribution < 1.29 is 14.3 Å². The molecule has 0 radical (unpaired) electrons. The van der Waals surface area contributed by atoms with E-state index >= 15 is 0 Å². The Balaban J connectivity index is 0.00000342. The van der Waals surface area contributed by atoms with E-state index in [9.17, 15) is 9.59 Å². The van der Waals surface area contributed by atoms with Crippen LogP contribution in [0.25, 0.3) is 0 Å². The van der Waals surface area contributed by atoms with Gasteiger partial charge in [0.15, 0.2) is 0 Å². The van der Waals surface area contributed by atoms with E-state index in [1.807, 2.05) is 18.7 Å². The highest BCUT2D eigenvalue weighted by Crippen LogP contribution is 2.34. The fourth-order valence-corrected chi connectivity index (χ4v) is 5.97. The molecular weight excluding hydrogens is 462 g/mol. The summed E-state index contributed by atoms with van der Waals surface area (Å²) in [6, 6.07) is 7.09. The normalized spacial score (nSPS) is 21.6. The summed E-state index contributed by atoms with van der Waals surface area (Å²) in [6.45, 7) is 10.0. The molecule has 0 bridgehead atoms. The number of carbonyl (C=O) groups excluding carboxylic acids is 2. The van der Waals surface area contributed by atoms with E-state index in [1.54, 1.807) is 0 Å². The van der Waals surface area contributed by atoms with Crippen LogP contribution in [0.1, 0.15) is 83.3 Å². The van der Waals surface area contributed by atoms with Crippen LogP contribution in [0.2, 0.25) is 0 Å². The summed E-state index contributed by atoms with van der Waals surface area (Å²) in [6.07, 6.45) is 10.0. The lowest BCUT2D eigenvalue weighted by Gasteiger charge is -2.30. The van der Waals surface area contributed by atoms with Gasteiger partial charge < -0.3 is 14.5 Å². The van der Waals surface area contributed by atoms with Gasteiger partial charge in [-0.25, -0.2) is 4.79 Å². The minimum absolute atomic E-state index is 0. The molecule has 1 saturated heterocycles. The van der Waals surface area contributed by atoms with E-state index < -0.39 is 0 Å². The second-order valence-electron chi connectivity index (χ2n) is 10.6. The van der Waals surface area contributed by atoms with Crippen LogP contribution in [0, 0.1) is 0 Å². The van der Waals surface area contributed by atoms with E-state index in [0.717, 1.165) is 51.0 Å². The molecule has 3 aliphatic rings.